The first-order valence-corrected chi connectivity index (χ1v) is 7.87. The van der Waals surface area contributed by atoms with Crippen molar-refractivity contribution in [2.24, 2.45) is 0 Å². The first-order chi connectivity index (χ1) is 9.19. The summed E-state index contributed by atoms with van der Waals surface area (Å²) >= 11 is 2.29. The van der Waals surface area contributed by atoms with E-state index in [9.17, 15) is 9.18 Å². The van der Waals surface area contributed by atoms with Crippen molar-refractivity contribution in [2.75, 3.05) is 11.0 Å². The smallest absolute Gasteiger partial charge is 0.366 e. The van der Waals surface area contributed by atoms with E-state index in [0.717, 1.165) is 22.8 Å². The lowest BCUT2D eigenvalue weighted by molar-refractivity contribution is -0.140. The normalized spacial score (nSPS) is 13.1. The standard InChI is InChI=1S/C15H18FIO2/c1-2-19-15(18)14(16)11-13(9-6-10-17)12-7-4-3-5-8-12/h3-5,7-8,11,13H,2,6,9-10H2,1H3/b14-11+. The minimum absolute atomic E-state index is 0.0830. The van der Waals surface area contributed by atoms with Crippen LogP contribution in [-0.2, 0) is 9.53 Å². The lowest BCUT2D eigenvalue weighted by atomic mass is 9.94. The Morgan fingerprint density at radius 1 is 1.42 bits per heavy atom. The molecule has 0 fully saturated rings. The number of hydrogen-bond donors (Lipinski definition) is 0. The SMILES string of the molecule is CCOC(=O)/C(F)=C\C(CCCI)c1ccccc1. The zero-order chi connectivity index (χ0) is 14.1. The van der Waals surface area contributed by atoms with Gasteiger partial charge in [0.15, 0.2) is 0 Å². The Morgan fingerprint density at radius 2 is 2.11 bits per heavy atom. The molecule has 1 rings (SSSR count). The van der Waals surface area contributed by atoms with E-state index < -0.39 is 11.8 Å². The van der Waals surface area contributed by atoms with Crippen LogP contribution in [0.2, 0.25) is 0 Å². The van der Waals surface area contributed by atoms with E-state index in [1.807, 2.05) is 30.3 Å². The molecule has 0 spiro atoms. The van der Waals surface area contributed by atoms with Gasteiger partial charge in [0.25, 0.3) is 0 Å². The average Bonchev–Trinajstić information content (AvgIpc) is 2.44. The van der Waals surface area contributed by atoms with Crippen molar-refractivity contribution in [1.82, 2.24) is 0 Å². The zero-order valence-electron chi connectivity index (χ0n) is 10.9. The maximum atomic E-state index is 13.7. The zero-order valence-corrected chi connectivity index (χ0v) is 13.1. The summed E-state index contributed by atoms with van der Waals surface area (Å²) in [5, 5.41) is 0. The van der Waals surface area contributed by atoms with Crippen LogP contribution < -0.4 is 0 Å². The first kappa shape index (κ1) is 16.1. The molecule has 0 aliphatic rings. The number of ether oxygens (including phenoxy) is 1. The van der Waals surface area contributed by atoms with Crippen molar-refractivity contribution in [3.8, 4) is 0 Å². The van der Waals surface area contributed by atoms with E-state index in [1.54, 1.807) is 6.92 Å². The third-order valence-electron chi connectivity index (χ3n) is 2.69. The van der Waals surface area contributed by atoms with Crippen molar-refractivity contribution in [2.45, 2.75) is 25.7 Å². The van der Waals surface area contributed by atoms with E-state index >= 15 is 0 Å². The Morgan fingerprint density at radius 3 is 2.68 bits per heavy atom. The van der Waals surface area contributed by atoms with Crippen LogP contribution >= 0.6 is 22.6 Å². The molecule has 104 valence electrons. The molecule has 19 heavy (non-hydrogen) atoms. The highest BCUT2D eigenvalue weighted by Crippen LogP contribution is 2.25. The molecule has 0 aliphatic heterocycles. The molecule has 0 N–H and O–H groups in total. The van der Waals surface area contributed by atoms with Gasteiger partial charge in [-0.2, -0.15) is 4.39 Å². The van der Waals surface area contributed by atoms with Gasteiger partial charge in [0.2, 0.25) is 5.83 Å². The molecule has 1 aromatic carbocycles. The van der Waals surface area contributed by atoms with Crippen molar-refractivity contribution in [3.63, 3.8) is 0 Å². The van der Waals surface area contributed by atoms with Gasteiger partial charge in [-0.1, -0.05) is 52.9 Å². The molecular formula is C15H18FIO2. The number of rotatable bonds is 7. The number of esters is 1. The molecule has 0 amide bonds. The molecule has 0 aromatic heterocycles. The Balaban J connectivity index is 2.85. The van der Waals surface area contributed by atoms with Crippen LogP contribution in [0.15, 0.2) is 42.2 Å². The summed E-state index contributed by atoms with van der Waals surface area (Å²) in [6, 6.07) is 9.66. The van der Waals surface area contributed by atoms with Crippen LogP contribution in [0.1, 0.15) is 31.2 Å². The number of halogens is 2. The van der Waals surface area contributed by atoms with Gasteiger partial charge in [-0.15, -0.1) is 0 Å². The highest BCUT2D eigenvalue weighted by atomic mass is 127. The number of carbonyl (C=O) groups excluding carboxylic acids is 1. The third kappa shape index (κ3) is 5.72. The van der Waals surface area contributed by atoms with Gasteiger partial charge < -0.3 is 4.74 Å². The molecule has 1 aromatic rings. The van der Waals surface area contributed by atoms with Gasteiger partial charge in [0, 0.05) is 5.92 Å². The number of carbonyl (C=O) groups is 1. The molecule has 1 atom stereocenters. The minimum atomic E-state index is -0.877. The fourth-order valence-electron chi connectivity index (χ4n) is 1.79. The molecule has 0 heterocycles. The Kier molecular flexibility index (Phi) is 7.70. The molecule has 0 saturated carbocycles. The largest absolute Gasteiger partial charge is 0.461 e. The first-order valence-electron chi connectivity index (χ1n) is 6.34. The Labute approximate surface area is 127 Å². The van der Waals surface area contributed by atoms with Crippen molar-refractivity contribution in [3.05, 3.63) is 47.8 Å². The van der Waals surface area contributed by atoms with Gasteiger partial charge in [0.1, 0.15) is 0 Å². The van der Waals surface area contributed by atoms with Gasteiger partial charge in [0.05, 0.1) is 6.61 Å². The lowest BCUT2D eigenvalue weighted by Gasteiger charge is -2.12. The summed E-state index contributed by atoms with van der Waals surface area (Å²) in [6.07, 6.45) is 3.17. The van der Waals surface area contributed by atoms with Crippen LogP contribution in [0.25, 0.3) is 0 Å². The summed E-state index contributed by atoms with van der Waals surface area (Å²) < 4.78 is 19.4. The average molecular weight is 376 g/mol. The summed E-state index contributed by atoms with van der Waals surface area (Å²) in [5.74, 6) is -1.76. The van der Waals surface area contributed by atoms with E-state index in [2.05, 4.69) is 27.3 Å². The monoisotopic (exact) mass is 376 g/mol. The van der Waals surface area contributed by atoms with E-state index in [-0.39, 0.29) is 12.5 Å². The molecule has 0 aliphatic carbocycles. The van der Waals surface area contributed by atoms with Gasteiger partial charge >= 0.3 is 5.97 Å². The summed E-state index contributed by atoms with van der Waals surface area (Å²) in [6.45, 7) is 1.85. The molecule has 2 nitrogen and oxygen atoms in total. The second-order valence-electron chi connectivity index (χ2n) is 4.08. The highest BCUT2D eigenvalue weighted by molar-refractivity contribution is 14.1. The van der Waals surface area contributed by atoms with Crippen LogP contribution in [0.5, 0.6) is 0 Å². The number of benzene rings is 1. The molecule has 0 bridgehead atoms. The number of hydrogen-bond acceptors (Lipinski definition) is 2. The highest BCUT2D eigenvalue weighted by Gasteiger charge is 2.15. The minimum Gasteiger partial charge on any atom is -0.461 e. The van der Waals surface area contributed by atoms with Gasteiger partial charge in [-0.25, -0.2) is 4.79 Å². The van der Waals surface area contributed by atoms with Crippen molar-refractivity contribution < 1.29 is 13.9 Å². The Hall–Kier alpha value is -0.910. The predicted molar refractivity (Wildman–Crippen MR) is 83.1 cm³/mol. The van der Waals surface area contributed by atoms with E-state index in [0.29, 0.717) is 0 Å². The number of allylic oxidation sites excluding steroid dienone is 1. The van der Waals surface area contributed by atoms with E-state index in [1.165, 1.54) is 6.08 Å². The summed E-state index contributed by atoms with van der Waals surface area (Å²) in [7, 11) is 0. The van der Waals surface area contributed by atoms with Gasteiger partial charge in [-0.05, 0) is 35.8 Å². The predicted octanol–water partition coefficient (Wildman–Crippen LogP) is 4.40. The Bertz CT molecular complexity index is 417. The van der Waals surface area contributed by atoms with Crippen LogP contribution in [-0.4, -0.2) is 17.0 Å². The second kappa shape index (κ2) is 9.07. The van der Waals surface area contributed by atoms with Crippen LogP contribution in [0, 0.1) is 0 Å². The maximum absolute atomic E-state index is 13.7. The van der Waals surface area contributed by atoms with Gasteiger partial charge in [-0.3, -0.25) is 0 Å². The van der Waals surface area contributed by atoms with Crippen molar-refractivity contribution >= 4 is 28.6 Å². The molecular weight excluding hydrogens is 358 g/mol. The molecule has 0 radical (unpaired) electrons. The van der Waals surface area contributed by atoms with E-state index in [4.69, 9.17) is 0 Å². The number of alkyl halides is 1. The quantitative estimate of drug-likeness (QED) is 0.305. The van der Waals surface area contributed by atoms with Crippen molar-refractivity contribution in [1.29, 1.82) is 0 Å². The molecule has 4 heteroatoms. The molecule has 0 saturated heterocycles. The third-order valence-corrected chi connectivity index (χ3v) is 3.46. The topological polar surface area (TPSA) is 26.3 Å². The molecule has 1 unspecified atom stereocenters. The summed E-state index contributed by atoms with van der Waals surface area (Å²) in [5.41, 5.74) is 1.02. The maximum Gasteiger partial charge on any atom is 0.366 e. The fraction of sp³-hybridized carbons (Fsp3) is 0.400. The summed E-state index contributed by atoms with van der Waals surface area (Å²) in [4.78, 5) is 11.3. The second-order valence-corrected chi connectivity index (χ2v) is 5.16. The fourth-order valence-corrected chi connectivity index (χ4v) is 2.23. The van der Waals surface area contributed by atoms with Crippen LogP contribution in [0.4, 0.5) is 4.39 Å². The van der Waals surface area contributed by atoms with Crippen LogP contribution in [0.3, 0.4) is 0 Å². The lowest BCUT2D eigenvalue weighted by Crippen LogP contribution is -2.06.